The van der Waals surface area contributed by atoms with Crippen molar-refractivity contribution < 1.29 is 0 Å². The zero-order chi connectivity index (χ0) is 12.3. The van der Waals surface area contributed by atoms with Crippen molar-refractivity contribution in [1.29, 1.82) is 0 Å². The van der Waals surface area contributed by atoms with Crippen LogP contribution in [0.2, 0.25) is 0 Å². The molecule has 0 aliphatic rings. The molecule has 0 radical (unpaired) electrons. The van der Waals surface area contributed by atoms with E-state index in [1.165, 1.54) is 24.0 Å². The molecule has 0 bridgehead atoms. The van der Waals surface area contributed by atoms with E-state index in [1.54, 1.807) is 0 Å². The summed E-state index contributed by atoms with van der Waals surface area (Å²) in [5.41, 5.74) is 2.62. The minimum atomic E-state index is 0.612. The minimum Gasteiger partial charge on any atom is -0.122 e. The van der Waals surface area contributed by atoms with Gasteiger partial charge in [-0.1, -0.05) is 74.0 Å². The number of benzene rings is 2. The minimum absolute atomic E-state index is 0.612. The van der Waals surface area contributed by atoms with Gasteiger partial charge in [-0.15, -0.1) is 11.6 Å². The Labute approximate surface area is 109 Å². The Hall–Kier alpha value is -1.27. The standard InChI is InChI=1S/C9H12.C7H7Cl/c1-2-6-9-7-4-3-5-8-9;8-6-7-4-2-1-3-5-7/h3-5,7-8H,2,6H2,1H3;1-5H,6H2. The van der Waals surface area contributed by atoms with Crippen LogP contribution in [-0.4, -0.2) is 0 Å². The van der Waals surface area contributed by atoms with Crippen LogP contribution in [0.15, 0.2) is 60.7 Å². The molecule has 0 saturated heterocycles. The van der Waals surface area contributed by atoms with Gasteiger partial charge in [0.2, 0.25) is 0 Å². The van der Waals surface area contributed by atoms with Gasteiger partial charge in [0.1, 0.15) is 0 Å². The van der Waals surface area contributed by atoms with Gasteiger partial charge in [-0.25, -0.2) is 0 Å². The van der Waals surface area contributed by atoms with E-state index in [0.29, 0.717) is 5.88 Å². The smallest absolute Gasteiger partial charge is 0.0474 e. The maximum absolute atomic E-state index is 5.53. The van der Waals surface area contributed by atoms with Gasteiger partial charge in [0, 0.05) is 5.88 Å². The predicted octanol–water partition coefficient (Wildman–Crippen LogP) is 5.06. The van der Waals surface area contributed by atoms with Crippen LogP contribution in [0.25, 0.3) is 0 Å². The van der Waals surface area contributed by atoms with Crippen molar-refractivity contribution in [2.75, 3.05) is 0 Å². The Kier molecular flexibility index (Phi) is 7.17. The molecule has 2 aromatic rings. The highest BCUT2D eigenvalue weighted by atomic mass is 35.5. The van der Waals surface area contributed by atoms with Crippen LogP contribution in [0, 0.1) is 0 Å². The monoisotopic (exact) mass is 246 g/mol. The Balaban J connectivity index is 0.000000171. The fourth-order valence-corrected chi connectivity index (χ4v) is 1.68. The molecule has 1 heteroatoms. The third kappa shape index (κ3) is 6.13. The third-order valence-corrected chi connectivity index (χ3v) is 2.69. The van der Waals surface area contributed by atoms with Gasteiger partial charge in [0.05, 0.1) is 0 Å². The van der Waals surface area contributed by atoms with Crippen molar-refractivity contribution in [3.8, 4) is 0 Å². The van der Waals surface area contributed by atoms with Crippen molar-refractivity contribution in [2.24, 2.45) is 0 Å². The number of hydrogen-bond acceptors (Lipinski definition) is 0. The van der Waals surface area contributed by atoms with Gasteiger partial charge in [-0.2, -0.15) is 0 Å². The predicted molar refractivity (Wildman–Crippen MR) is 76.4 cm³/mol. The molecule has 0 heterocycles. The quantitative estimate of drug-likeness (QED) is 0.664. The second-order valence-electron chi connectivity index (χ2n) is 3.85. The number of halogens is 1. The lowest BCUT2D eigenvalue weighted by Crippen LogP contribution is -1.78. The second kappa shape index (κ2) is 8.83. The van der Waals surface area contributed by atoms with Crippen molar-refractivity contribution in [3.05, 3.63) is 71.8 Å². The number of hydrogen-bond donors (Lipinski definition) is 0. The molecule has 0 aliphatic heterocycles. The summed E-state index contributed by atoms with van der Waals surface area (Å²) in [6, 6.07) is 20.5. The first-order valence-electron chi connectivity index (χ1n) is 6.00. The highest BCUT2D eigenvalue weighted by Crippen LogP contribution is 2.01. The molecule has 2 rings (SSSR count). The maximum atomic E-state index is 5.53. The first-order valence-corrected chi connectivity index (χ1v) is 6.54. The summed E-state index contributed by atoms with van der Waals surface area (Å²) in [5, 5.41) is 0. The van der Waals surface area contributed by atoms with Gasteiger partial charge in [-0.3, -0.25) is 0 Å². The van der Waals surface area contributed by atoms with Crippen LogP contribution in [0.3, 0.4) is 0 Å². The van der Waals surface area contributed by atoms with Crippen LogP contribution < -0.4 is 0 Å². The second-order valence-corrected chi connectivity index (χ2v) is 4.12. The number of aryl methyl sites for hydroxylation is 1. The molecule has 0 N–H and O–H groups in total. The van der Waals surface area contributed by atoms with E-state index in [9.17, 15) is 0 Å². The summed E-state index contributed by atoms with van der Waals surface area (Å²) in [5.74, 6) is 0.612. The normalized spacial score (nSPS) is 9.29. The molecule has 0 aromatic heterocycles. The van der Waals surface area contributed by atoms with E-state index in [1.807, 2.05) is 30.3 Å². The van der Waals surface area contributed by atoms with Crippen LogP contribution >= 0.6 is 11.6 Å². The van der Waals surface area contributed by atoms with Gasteiger partial charge in [0.15, 0.2) is 0 Å². The highest BCUT2D eigenvalue weighted by molar-refractivity contribution is 6.17. The summed E-state index contributed by atoms with van der Waals surface area (Å²) in [7, 11) is 0. The summed E-state index contributed by atoms with van der Waals surface area (Å²) in [6.07, 6.45) is 2.45. The molecular formula is C16H19Cl. The molecule has 0 atom stereocenters. The van der Waals surface area contributed by atoms with Crippen molar-refractivity contribution in [1.82, 2.24) is 0 Å². The van der Waals surface area contributed by atoms with E-state index in [-0.39, 0.29) is 0 Å². The largest absolute Gasteiger partial charge is 0.122 e. The molecule has 0 spiro atoms. The highest BCUT2D eigenvalue weighted by Gasteiger charge is 1.84. The van der Waals surface area contributed by atoms with Crippen LogP contribution in [0.5, 0.6) is 0 Å². The zero-order valence-corrected chi connectivity index (χ0v) is 11.0. The third-order valence-electron chi connectivity index (χ3n) is 2.38. The molecule has 0 nitrogen and oxygen atoms in total. The van der Waals surface area contributed by atoms with Crippen molar-refractivity contribution in [2.45, 2.75) is 25.6 Å². The molecule has 17 heavy (non-hydrogen) atoms. The molecule has 2 aromatic carbocycles. The number of rotatable bonds is 3. The zero-order valence-electron chi connectivity index (χ0n) is 10.3. The fraction of sp³-hybridized carbons (Fsp3) is 0.250. The fourth-order valence-electron chi connectivity index (χ4n) is 1.50. The number of alkyl halides is 1. The maximum Gasteiger partial charge on any atom is 0.0474 e. The Morgan fingerprint density at radius 3 is 1.59 bits per heavy atom. The lowest BCUT2D eigenvalue weighted by molar-refractivity contribution is 0.922. The van der Waals surface area contributed by atoms with Gasteiger partial charge < -0.3 is 0 Å². The molecule has 90 valence electrons. The van der Waals surface area contributed by atoms with E-state index in [4.69, 9.17) is 11.6 Å². The van der Waals surface area contributed by atoms with Crippen LogP contribution in [0.4, 0.5) is 0 Å². The van der Waals surface area contributed by atoms with Gasteiger partial charge >= 0.3 is 0 Å². The first kappa shape index (κ1) is 13.8. The topological polar surface area (TPSA) is 0 Å². The summed E-state index contributed by atoms with van der Waals surface area (Å²) >= 11 is 5.53. The van der Waals surface area contributed by atoms with Crippen molar-refractivity contribution >= 4 is 11.6 Å². The van der Waals surface area contributed by atoms with Crippen LogP contribution in [0.1, 0.15) is 24.5 Å². The van der Waals surface area contributed by atoms with E-state index >= 15 is 0 Å². The van der Waals surface area contributed by atoms with Crippen molar-refractivity contribution in [3.63, 3.8) is 0 Å². The average molecular weight is 247 g/mol. The van der Waals surface area contributed by atoms with Gasteiger partial charge in [0.25, 0.3) is 0 Å². The summed E-state index contributed by atoms with van der Waals surface area (Å²) in [4.78, 5) is 0. The van der Waals surface area contributed by atoms with E-state index in [0.717, 1.165) is 0 Å². The average Bonchev–Trinajstić information content (AvgIpc) is 2.42. The molecule has 0 unspecified atom stereocenters. The van der Waals surface area contributed by atoms with Gasteiger partial charge in [-0.05, 0) is 17.5 Å². The van der Waals surface area contributed by atoms with E-state index < -0.39 is 0 Å². The molecule has 0 aliphatic carbocycles. The summed E-state index contributed by atoms with van der Waals surface area (Å²) in [6.45, 7) is 2.20. The lowest BCUT2D eigenvalue weighted by Gasteiger charge is -1.93. The summed E-state index contributed by atoms with van der Waals surface area (Å²) < 4.78 is 0. The molecular weight excluding hydrogens is 228 g/mol. The molecule has 0 fully saturated rings. The van der Waals surface area contributed by atoms with Crippen LogP contribution in [-0.2, 0) is 12.3 Å². The molecule has 0 saturated carbocycles. The van der Waals surface area contributed by atoms with E-state index in [2.05, 4.69) is 37.3 Å². The lowest BCUT2D eigenvalue weighted by atomic mass is 10.1. The SMILES string of the molecule is CCCc1ccccc1.ClCc1ccccc1. The Bertz CT molecular complexity index is 381. The first-order chi connectivity index (χ1) is 8.36. The molecule has 0 amide bonds. The Morgan fingerprint density at radius 2 is 1.24 bits per heavy atom. The Morgan fingerprint density at radius 1 is 0.765 bits per heavy atom.